The summed E-state index contributed by atoms with van der Waals surface area (Å²) in [6, 6.07) is 5.34. The minimum absolute atomic E-state index is 0.0756. The molecule has 0 spiro atoms. The molecule has 0 saturated carbocycles. The quantitative estimate of drug-likeness (QED) is 0.523. The minimum Gasteiger partial charge on any atom is -0.501 e. The fraction of sp³-hybridized carbons (Fsp3) is 0. The second-order valence-corrected chi connectivity index (χ2v) is 4.11. The molecule has 0 saturated heterocycles. The van der Waals surface area contributed by atoms with Crippen LogP contribution in [0.15, 0.2) is 29.8 Å². The van der Waals surface area contributed by atoms with Gasteiger partial charge in [0.25, 0.3) is 0 Å². The molecule has 14 heavy (non-hydrogen) atoms. The van der Waals surface area contributed by atoms with Gasteiger partial charge in [-0.25, -0.2) is 4.39 Å². The van der Waals surface area contributed by atoms with Gasteiger partial charge in [0.1, 0.15) is 5.82 Å². The fourth-order valence-corrected chi connectivity index (χ4v) is 1.12. The third-order valence-corrected chi connectivity index (χ3v) is 2.21. The van der Waals surface area contributed by atoms with Crippen molar-refractivity contribution in [3.05, 3.63) is 41.1 Å². The number of rotatable bonds is 2. The summed E-state index contributed by atoms with van der Waals surface area (Å²) in [7, 11) is -4.69. The smallest absolute Gasteiger partial charge is 0.390 e. The van der Waals surface area contributed by atoms with Crippen molar-refractivity contribution in [1.29, 1.82) is 0 Å². The van der Waals surface area contributed by atoms with E-state index in [1.165, 1.54) is 18.2 Å². The molecule has 4 nitrogen and oxygen atoms in total. The molecule has 0 fully saturated rings. The van der Waals surface area contributed by atoms with Gasteiger partial charge < -0.3 is 14.9 Å². The average molecular weight is 218 g/mol. The van der Waals surface area contributed by atoms with Crippen LogP contribution in [0.25, 0.3) is 6.08 Å². The average Bonchev–Trinajstić information content (AvgIpc) is 2.07. The summed E-state index contributed by atoms with van der Waals surface area (Å²) in [4.78, 5) is 17.0. The lowest BCUT2D eigenvalue weighted by Crippen LogP contribution is -1.86. The predicted octanol–water partition coefficient (Wildman–Crippen LogP) is 1.86. The molecule has 0 unspecified atom stereocenters. The lowest BCUT2D eigenvalue weighted by molar-refractivity contribution is 0.339. The molecule has 0 aliphatic carbocycles. The van der Waals surface area contributed by atoms with Crippen molar-refractivity contribution >= 4 is 13.7 Å². The monoisotopic (exact) mass is 218 g/mol. The number of hydrogen-bond acceptors (Lipinski definition) is 2. The second kappa shape index (κ2) is 3.92. The Labute approximate surface area is 79.5 Å². The van der Waals surface area contributed by atoms with Crippen molar-refractivity contribution < 1.29 is 23.8 Å². The van der Waals surface area contributed by atoms with Crippen LogP contribution in [0.4, 0.5) is 4.39 Å². The summed E-state index contributed by atoms with van der Waals surface area (Å²) in [5.74, 6) is -0.660. The number of benzene rings is 1. The van der Waals surface area contributed by atoms with Gasteiger partial charge in [-0.05, 0) is 12.1 Å². The first kappa shape index (κ1) is 10.9. The Kier molecular flexibility index (Phi) is 3.06. The zero-order chi connectivity index (χ0) is 10.8. The molecule has 0 bridgehead atoms. The lowest BCUT2D eigenvalue weighted by Gasteiger charge is -2.02. The Morgan fingerprint density at radius 2 is 1.93 bits per heavy atom. The minimum atomic E-state index is -4.69. The van der Waals surface area contributed by atoms with Crippen molar-refractivity contribution in [2.24, 2.45) is 0 Å². The number of halogens is 1. The van der Waals surface area contributed by atoms with Gasteiger partial charge in [0.2, 0.25) is 5.50 Å². The van der Waals surface area contributed by atoms with E-state index >= 15 is 0 Å². The van der Waals surface area contributed by atoms with Crippen molar-refractivity contribution in [2.75, 3.05) is 0 Å². The number of aliphatic hydroxyl groups is 1. The molecule has 6 heteroatoms. The highest BCUT2D eigenvalue weighted by Gasteiger charge is 2.19. The Bertz CT molecular complexity index is 410. The van der Waals surface area contributed by atoms with Crippen LogP contribution in [-0.4, -0.2) is 14.9 Å². The number of hydrogen-bond donors (Lipinski definition) is 3. The summed E-state index contributed by atoms with van der Waals surface area (Å²) in [5, 5.41) is 8.89. The third-order valence-electron chi connectivity index (χ3n) is 1.49. The van der Waals surface area contributed by atoms with Crippen molar-refractivity contribution in [3.8, 4) is 0 Å². The van der Waals surface area contributed by atoms with Crippen LogP contribution < -0.4 is 0 Å². The topological polar surface area (TPSA) is 77.8 Å². The van der Waals surface area contributed by atoms with Crippen LogP contribution in [0, 0.1) is 5.82 Å². The Balaban J connectivity index is 3.10. The highest BCUT2D eigenvalue weighted by molar-refractivity contribution is 7.56. The first-order chi connectivity index (χ1) is 6.41. The second-order valence-electron chi connectivity index (χ2n) is 2.57. The fourth-order valence-electron chi connectivity index (χ4n) is 0.815. The molecule has 0 heterocycles. The van der Waals surface area contributed by atoms with E-state index in [0.29, 0.717) is 6.08 Å². The molecule has 0 radical (unpaired) electrons. The molecule has 1 rings (SSSR count). The maximum absolute atomic E-state index is 12.9. The van der Waals surface area contributed by atoms with Gasteiger partial charge in [0.15, 0.2) is 0 Å². The summed E-state index contributed by atoms with van der Waals surface area (Å²) in [6.45, 7) is 0. The van der Waals surface area contributed by atoms with E-state index in [-0.39, 0.29) is 5.56 Å². The van der Waals surface area contributed by atoms with Crippen LogP contribution in [0.5, 0.6) is 0 Å². The van der Waals surface area contributed by atoms with Crippen LogP contribution in [0.3, 0.4) is 0 Å². The van der Waals surface area contributed by atoms with Gasteiger partial charge in [-0.15, -0.1) is 0 Å². The first-order valence-corrected chi connectivity index (χ1v) is 5.24. The molecule has 0 aliphatic heterocycles. The Morgan fingerprint density at radius 3 is 2.43 bits per heavy atom. The SMILES string of the molecule is O=P(O)(O)/C(O)=C/c1ccccc1F. The van der Waals surface area contributed by atoms with Crippen LogP contribution in [0.1, 0.15) is 5.56 Å². The summed E-state index contributed by atoms with van der Waals surface area (Å²) < 4.78 is 23.4. The lowest BCUT2D eigenvalue weighted by atomic mass is 10.2. The summed E-state index contributed by atoms with van der Waals surface area (Å²) >= 11 is 0. The van der Waals surface area contributed by atoms with E-state index in [2.05, 4.69) is 0 Å². The highest BCUT2D eigenvalue weighted by atomic mass is 31.2. The zero-order valence-electron chi connectivity index (χ0n) is 6.96. The molecule has 0 aromatic heterocycles. The summed E-state index contributed by atoms with van der Waals surface area (Å²) in [6.07, 6.45) is 0.704. The molecular weight excluding hydrogens is 210 g/mol. The van der Waals surface area contributed by atoms with E-state index in [1.54, 1.807) is 0 Å². The van der Waals surface area contributed by atoms with Crippen LogP contribution in [-0.2, 0) is 4.57 Å². The molecule has 0 atom stereocenters. The third kappa shape index (κ3) is 2.67. The van der Waals surface area contributed by atoms with Gasteiger partial charge in [-0.1, -0.05) is 18.2 Å². The van der Waals surface area contributed by atoms with Gasteiger partial charge in [-0.3, -0.25) is 4.57 Å². The van der Waals surface area contributed by atoms with E-state index in [0.717, 1.165) is 6.07 Å². The Hall–Kier alpha value is -1.16. The van der Waals surface area contributed by atoms with Crippen molar-refractivity contribution in [3.63, 3.8) is 0 Å². The predicted molar refractivity (Wildman–Crippen MR) is 49.0 cm³/mol. The molecular formula is C8H8FO4P. The van der Waals surface area contributed by atoms with Crippen molar-refractivity contribution in [1.82, 2.24) is 0 Å². The highest BCUT2D eigenvalue weighted by Crippen LogP contribution is 2.43. The zero-order valence-corrected chi connectivity index (χ0v) is 7.86. The van der Waals surface area contributed by atoms with E-state index in [9.17, 15) is 8.96 Å². The molecule has 3 N–H and O–H groups in total. The van der Waals surface area contributed by atoms with E-state index in [1.807, 2.05) is 0 Å². The summed E-state index contributed by atoms with van der Waals surface area (Å²) in [5.41, 5.74) is -1.23. The van der Waals surface area contributed by atoms with Gasteiger partial charge in [-0.2, -0.15) is 0 Å². The molecule has 76 valence electrons. The van der Waals surface area contributed by atoms with Gasteiger partial charge >= 0.3 is 7.60 Å². The van der Waals surface area contributed by atoms with Crippen molar-refractivity contribution in [2.45, 2.75) is 0 Å². The maximum atomic E-state index is 12.9. The number of aliphatic hydroxyl groups excluding tert-OH is 1. The van der Waals surface area contributed by atoms with Crippen LogP contribution in [0.2, 0.25) is 0 Å². The standard InChI is InChI=1S/C8H8FO4P/c9-7-4-2-1-3-6(7)5-8(10)14(11,12)13/h1-5,10H,(H2,11,12,13)/b8-5+. The first-order valence-electron chi connectivity index (χ1n) is 3.62. The van der Waals surface area contributed by atoms with Gasteiger partial charge in [0, 0.05) is 5.56 Å². The maximum Gasteiger partial charge on any atom is 0.390 e. The van der Waals surface area contributed by atoms with Crippen LogP contribution >= 0.6 is 7.60 Å². The van der Waals surface area contributed by atoms with E-state index in [4.69, 9.17) is 14.9 Å². The largest absolute Gasteiger partial charge is 0.501 e. The molecule has 1 aromatic rings. The molecule has 0 aliphatic rings. The normalized spacial score (nSPS) is 12.9. The van der Waals surface area contributed by atoms with E-state index < -0.39 is 18.9 Å². The Morgan fingerprint density at radius 1 is 1.36 bits per heavy atom. The molecule has 1 aromatic carbocycles. The molecule has 0 amide bonds. The van der Waals surface area contributed by atoms with Gasteiger partial charge in [0.05, 0.1) is 0 Å².